The number of rotatable bonds is 7. The first-order valence-corrected chi connectivity index (χ1v) is 7.99. The zero-order chi connectivity index (χ0) is 18.4. The SMILES string of the molecule is COCCCn1c(C)cc(C)c(C(=O)Nc2ccc(OC)nc2)c1=O. The maximum Gasteiger partial charge on any atom is 0.263 e. The van der Waals surface area contributed by atoms with E-state index in [1.54, 1.807) is 30.7 Å². The van der Waals surface area contributed by atoms with Crippen LogP contribution in [-0.2, 0) is 11.3 Å². The highest BCUT2D eigenvalue weighted by molar-refractivity contribution is 6.04. The van der Waals surface area contributed by atoms with Crippen molar-refractivity contribution in [1.29, 1.82) is 0 Å². The summed E-state index contributed by atoms with van der Waals surface area (Å²) in [6.45, 7) is 4.67. The monoisotopic (exact) mass is 345 g/mol. The second-order valence-corrected chi connectivity index (χ2v) is 5.69. The number of aryl methyl sites for hydroxylation is 2. The summed E-state index contributed by atoms with van der Waals surface area (Å²) in [4.78, 5) is 29.4. The van der Waals surface area contributed by atoms with Gasteiger partial charge in [-0.25, -0.2) is 4.98 Å². The average molecular weight is 345 g/mol. The van der Waals surface area contributed by atoms with Gasteiger partial charge >= 0.3 is 0 Å². The lowest BCUT2D eigenvalue weighted by molar-refractivity contribution is 0.102. The average Bonchev–Trinajstić information content (AvgIpc) is 2.58. The van der Waals surface area contributed by atoms with Gasteiger partial charge in [0.1, 0.15) is 5.56 Å². The van der Waals surface area contributed by atoms with Gasteiger partial charge < -0.3 is 19.4 Å². The molecule has 0 radical (unpaired) electrons. The number of nitrogens with one attached hydrogen (secondary N) is 1. The molecule has 7 nitrogen and oxygen atoms in total. The molecule has 2 rings (SSSR count). The predicted octanol–water partition coefficient (Wildman–Crippen LogP) is 2.16. The number of pyridine rings is 2. The first-order chi connectivity index (χ1) is 12.0. The number of hydrogen-bond donors (Lipinski definition) is 1. The number of amides is 1. The zero-order valence-corrected chi connectivity index (χ0v) is 15.0. The summed E-state index contributed by atoms with van der Waals surface area (Å²) in [5.74, 6) is -0.0000254. The third-order valence-corrected chi connectivity index (χ3v) is 3.87. The van der Waals surface area contributed by atoms with Gasteiger partial charge in [0, 0.05) is 32.0 Å². The number of aromatic nitrogens is 2. The fourth-order valence-corrected chi connectivity index (χ4v) is 2.62. The van der Waals surface area contributed by atoms with Crippen molar-refractivity contribution in [3.05, 3.63) is 51.6 Å². The molecule has 0 saturated heterocycles. The Bertz CT molecular complexity index is 797. The molecule has 0 bridgehead atoms. The van der Waals surface area contributed by atoms with E-state index in [1.165, 1.54) is 13.3 Å². The summed E-state index contributed by atoms with van der Waals surface area (Å²) in [6.07, 6.45) is 2.18. The molecule has 0 unspecified atom stereocenters. The molecule has 2 heterocycles. The lowest BCUT2D eigenvalue weighted by atomic mass is 10.1. The van der Waals surface area contributed by atoms with E-state index in [1.807, 2.05) is 13.0 Å². The maximum absolute atomic E-state index is 12.8. The van der Waals surface area contributed by atoms with Crippen molar-refractivity contribution in [2.75, 3.05) is 26.1 Å². The third kappa shape index (κ3) is 4.45. The van der Waals surface area contributed by atoms with E-state index in [-0.39, 0.29) is 11.1 Å². The lowest BCUT2D eigenvalue weighted by Gasteiger charge is -2.14. The molecule has 0 aliphatic heterocycles. The molecule has 0 aromatic carbocycles. The van der Waals surface area contributed by atoms with Gasteiger partial charge in [-0.3, -0.25) is 9.59 Å². The number of ether oxygens (including phenoxy) is 2. The minimum absolute atomic E-state index is 0.138. The summed E-state index contributed by atoms with van der Waals surface area (Å²) in [5, 5.41) is 2.71. The largest absolute Gasteiger partial charge is 0.481 e. The Morgan fingerprint density at radius 2 is 2.04 bits per heavy atom. The van der Waals surface area contributed by atoms with Crippen LogP contribution in [0.2, 0.25) is 0 Å². The van der Waals surface area contributed by atoms with E-state index >= 15 is 0 Å². The van der Waals surface area contributed by atoms with Crippen molar-refractivity contribution in [3.8, 4) is 5.88 Å². The van der Waals surface area contributed by atoms with Gasteiger partial charge in [-0.15, -0.1) is 0 Å². The van der Waals surface area contributed by atoms with Gasteiger partial charge in [0.2, 0.25) is 5.88 Å². The van der Waals surface area contributed by atoms with Crippen LogP contribution in [0.25, 0.3) is 0 Å². The van der Waals surface area contributed by atoms with Gasteiger partial charge in [-0.2, -0.15) is 0 Å². The van der Waals surface area contributed by atoms with Gasteiger partial charge in [-0.05, 0) is 38.0 Å². The van der Waals surface area contributed by atoms with Crippen molar-refractivity contribution >= 4 is 11.6 Å². The van der Waals surface area contributed by atoms with Crippen molar-refractivity contribution in [2.45, 2.75) is 26.8 Å². The van der Waals surface area contributed by atoms with Crippen molar-refractivity contribution in [2.24, 2.45) is 0 Å². The van der Waals surface area contributed by atoms with Gasteiger partial charge in [0.15, 0.2) is 0 Å². The number of carbonyl (C=O) groups excluding carboxylic acids is 1. The summed E-state index contributed by atoms with van der Waals surface area (Å²) < 4.78 is 11.6. The summed E-state index contributed by atoms with van der Waals surface area (Å²) in [6, 6.07) is 5.15. The Hall–Kier alpha value is -2.67. The molecule has 0 fully saturated rings. The molecule has 25 heavy (non-hydrogen) atoms. The highest BCUT2D eigenvalue weighted by atomic mass is 16.5. The molecule has 0 atom stereocenters. The van der Waals surface area contributed by atoms with E-state index in [0.29, 0.717) is 36.7 Å². The molecule has 7 heteroatoms. The molecule has 0 saturated carbocycles. The Kier molecular flexibility index (Phi) is 6.30. The molecule has 1 amide bonds. The van der Waals surface area contributed by atoms with Crippen molar-refractivity contribution < 1.29 is 14.3 Å². The van der Waals surface area contributed by atoms with Crippen LogP contribution in [-0.4, -0.2) is 36.3 Å². The van der Waals surface area contributed by atoms with E-state index in [2.05, 4.69) is 10.3 Å². The Morgan fingerprint density at radius 3 is 2.64 bits per heavy atom. The minimum Gasteiger partial charge on any atom is -0.481 e. The number of carbonyl (C=O) groups is 1. The molecular formula is C18H23N3O4. The maximum atomic E-state index is 12.8. The fourth-order valence-electron chi connectivity index (χ4n) is 2.62. The van der Waals surface area contributed by atoms with Crippen LogP contribution in [0.3, 0.4) is 0 Å². The van der Waals surface area contributed by atoms with E-state index in [9.17, 15) is 9.59 Å². The second-order valence-electron chi connectivity index (χ2n) is 5.69. The number of nitrogens with zero attached hydrogens (tertiary/aromatic N) is 2. The Labute approximate surface area is 146 Å². The Balaban J connectivity index is 2.28. The fraction of sp³-hybridized carbons (Fsp3) is 0.389. The highest BCUT2D eigenvalue weighted by Crippen LogP contribution is 2.13. The van der Waals surface area contributed by atoms with Crippen LogP contribution in [0.4, 0.5) is 5.69 Å². The molecule has 2 aromatic heterocycles. The van der Waals surface area contributed by atoms with Crippen molar-refractivity contribution in [1.82, 2.24) is 9.55 Å². The minimum atomic E-state index is -0.449. The van der Waals surface area contributed by atoms with Gasteiger partial charge in [0.25, 0.3) is 11.5 Å². The molecule has 1 N–H and O–H groups in total. The van der Waals surface area contributed by atoms with Crippen LogP contribution in [0.5, 0.6) is 5.88 Å². The molecular weight excluding hydrogens is 322 g/mol. The van der Waals surface area contributed by atoms with Crippen LogP contribution in [0, 0.1) is 13.8 Å². The summed E-state index contributed by atoms with van der Waals surface area (Å²) in [7, 11) is 3.13. The number of methoxy groups -OCH3 is 2. The summed E-state index contributed by atoms with van der Waals surface area (Å²) >= 11 is 0. The Morgan fingerprint density at radius 1 is 1.28 bits per heavy atom. The molecule has 2 aromatic rings. The molecule has 134 valence electrons. The number of hydrogen-bond acceptors (Lipinski definition) is 5. The number of anilines is 1. The molecule has 0 aliphatic carbocycles. The highest BCUT2D eigenvalue weighted by Gasteiger charge is 2.17. The van der Waals surface area contributed by atoms with Crippen LogP contribution in [0.1, 0.15) is 28.0 Å². The molecule has 0 spiro atoms. The van der Waals surface area contributed by atoms with Crippen LogP contribution >= 0.6 is 0 Å². The first-order valence-electron chi connectivity index (χ1n) is 7.99. The van der Waals surface area contributed by atoms with Crippen LogP contribution < -0.4 is 15.6 Å². The third-order valence-electron chi connectivity index (χ3n) is 3.87. The molecule has 0 aliphatic rings. The van der Waals surface area contributed by atoms with Gasteiger partial charge in [-0.1, -0.05) is 0 Å². The topological polar surface area (TPSA) is 82.4 Å². The van der Waals surface area contributed by atoms with Crippen molar-refractivity contribution in [3.63, 3.8) is 0 Å². The van der Waals surface area contributed by atoms with E-state index in [0.717, 1.165) is 5.69 Å². The smallest absolute Gasteiger partial charge is 0.263 e. The predicted molar refractivity (Wildman–Crippen MR) is 95.4 cm³/mol. The first kappa shape index (κ1) is 18.7. The quantitative estimate of drug-likeness (QED) is 0.778. The standard InChI is InChI=1S/C18H23N3O4/c1-12-10-13(2)21(8-5-9-24-3)18(23)16(12)17(22)20-14-6-7-15(25-4)19-11-14/h6-7,10-11H,5,8-9H2,1-4H3,(H,20,22). The van der Waals surface area contributed by atoms with E-state index < -0.39 is 5.91 Å². The van der Waals surface area contributed by atoms with Crippen LogP contribution in [0.15, 0.2) is 29.2 Å². The summed E-state index contributed by atoms with van der Waals surface area (Å²) in [5.41, 5.74) is 1.80. The van der Waals surface area contributed by atoms with E-state index in [4.69, 9.17) is 9.47 Å². The van der Waals surface area contributed by atoms with Gasteiger partial charge in [0.05, 0.1) is 19.0 Å². The normalized spacial score (nSPS) is 10.6. The lowest BCUT2D eigenvalue weighted by Crippen LogP contribution is -2.32. The second kappa shape index (κ2) is 8.43. The zero-order valence-electron chi connectivity index (χ0n) is 15.0.